The van der Waals surface area contributed by atoms with E-state index in [1.54, 1.807) is 4.90 Å². The Balaban J connectivity index is 1.43. The van der Waals surface area contributed by atoms with Gasteiger partial charge in [-0.2, -0.15) is 0 Å². The SMILES string of the molecule is O=C1c2c(OCOP(=O)(O)O)c(=O)cc(-c3cc(F)c(F)c4c3Cc3ccccc3SC4)n2N[C@@H]2COCC3(CC3)N12. The van der Waals surface area contributed by atoms with E-state index in [-0.39, 0.29) is 41.3 Å². The monoisotopic (exact) mass is 619 g/mol. The van der Waals surface area contributed by atoms with Crippen molar-refractivity contribution in [2.24, 2.45) is 0 Å². The minimum Gasteiger partial charge on any atom is -0.460 e. The molecule has 7 rings (SSSR count). The number of nitrogens with one attached hydrogen (secondary N) is 1. The van der Waals surface area contributed by atoms with E-state index in [0.717, 1.165) is 22.6 Å². The molecule has 3 aliphatic heterocycles. The Hall–Kier alpha value is -3.26. The van der Waals surface area contributed by atoms with Crippen LogP contribution in [0.1, 0.15) is 40.0 Å². The molecule has 2 fully saturated rings. The van der Waals surface area contributed by atoms with Crippen LogP contribution in [0.15, 0.2) is 46.1 Å². The van der Waals surface area contributed by atoms with Crippen molar-refractivity contribution >= 4 is 25.5 Å². The average molecular weight is 620 g/mol. The number of amides is 1. The Morgan fingerprint density at radius 3 is 2.71 bits per heavy atom. The molecular formula is C27H24F2N3O8PS. The third-order valence-corrected chi connectivity index (χ3v) is 9.60. The van der Waals surface area contributed by atoms with Gasteiger partial charge in [-0.3, -0.25) is 9.59 Å². The largest absolute Gasteiger partial charge is 0.472 e. The summed E-state index contributed by atoms with van der Waals surface area (Å²) >= 11 is 1.38. The first-order valence-corrected chi connectivity index (χ1v) is 15.6. The highest BCUT2D eigenvalue weighted by molar-refractivity contribution is 7.98. The van der Waals surface area contributed by atoms with Gasteiger partial charge in [0.2, 0.25) is 18.0 Å². The number of carbonyl (C=O) groups excluding carboxylic acids is 1. The standard InChI is InChI=1S/C27H24F2N3O8PS/c28-18-8-16(15-7-14-3-1-2-4-21(14)42-11-17(15)23(18)29)19-9-20(33)25(39-13-40-41(35,36)37)24-26(34)31-22(30-32(19)24)10-38-12-27(31)5-6-27/h1-4,8-9,22,30H,5-7,10-13H2,(H2,35,36,37)/t22-/m0/s1. The van der Waals surface area contributed by atoms with Gasteiger partial charge in [0.05, 0.1) is 24.4 Å². The Kier molecular flexibility index (Phi) is 6.50. The van der Waals surface area contributed by atoms with E-state index in [1.807, 2.05) is 24.3 Å². The zero-order chi connectivity index (χ0) is 29.4. The molecular weight excluding hydrogens is 595 g/mol. The van der Waals surface area contributed by atoms with Crippen LogP contribution in [0.3, 0.4) is 0 Å². The summed E-state index contributed by atoms with van der Waals surface area (Å²) in [6, 6.07) is 9.67. The van der Waals surface area contributed by atoms with Crippen LogP contribution in [-0.2, 0) is 26.0 Å². The number of morpholine rings is 1. The summed E-state index contributed by atoms with van der Waals surface area (Å²) in [5.41, 5.74) is 3.41. The summed E-state index contributed by atoms with van der Waals surface area (Å²) in [5.74, 6) is -3.00. The van der Waals surface area contributed by atoms with Crippen LogP contribution in [0.4, 0.5) is 8.78 Å². The quantitative estimate of drug-likeness (QED) is 0.288. The summed E-state index contributed by atoms with van der Waals surface area (Å²) < 4.78 is 58.4. The number of fused-ring (bicyclic) bond motifs is 5. The summed E-state index contributed by atoms with van der Waals surface area (Å²) in [5, 5.41) is 0. The second-order valence-electron chi connectivity index (χ2n) is 10.6. The van der Waals surface area contributed by atoms with Crippen LogP contribution in [0, 0.1) is 11.6 Å². The number of hydrogen-bond donors (Lipinski definition) is 3. The van der Waals surface area contributed by atoms with Crippen molar-refractivity contribution in [3.8, 4) is 17.0 Å². The maximum absolute atomic E-state index is 15.2. The molecule has 3 aromatic rings. The lowest BCUT2D eigenvalue weighted by atomic mass is 9.92. The van der Waals surface area contributed by atoms with Crippen LogP contribution in [0.2, 0.25) is 0 Å². The number of benzene rings is 2. The molecule has 1 aromatic heterocycles. The van der Waals surface area contributed by atoms with Crippen LogP contribution in [-0.4, -0.2) is 57.0 Å². The molecule has 1 amide bonds. The third-order valence-electron chi connectivity index (χ3n) is 8.01. The summed E-state index contributed by atoms with van der Waals surface area (Å²) in [6.07, 6.45) is 0.985. The number of pyridine rings is 1. The minimum atomic E-state index is -4.95. The summed E-state index contributed by atoms with van der Waals surface area (Å²) in [7, 11) is -4.95. The summed E-state index contributed by atoms with van der Waals surface area (Å²) in [6.45, 7) is -0.562. The normalized spacial score (nSPS) is 20.1. The van der Waals surface area contributed by atoms with Crippen molar-refractivity contribution < 1.29 is 41.9 Å². The number of halogens is 2. The van der Waals surface area contributed by atoms with Crippen LogP contribution >= 0.6 is 19.6 Å². The number of hydrogen-bond acceptors (Lipinski definition) is 8. The molecule has 3 N–H and O–H groups in total. The predicted octanol–water partition coefficient (Wildman–Crippen LogP) is 3.32. The van der Waals surface area contributed by atoms with Gasteiger partial charge < -0.3 is 29.6 Å². The predicted molar refractivity (Wildman–Crippen MR) is 146 cm³/mol. The molecule has 0 unspecified atom stereocenters. The molecule has 11 nitrogen and oxygen atoms in total. The van der Waals surface area contributed by atoms with Crippen molar-refractivity contribution in [1.29, 1.82) is 0 Å². The molecule has 42 heavy (non-hydrogen) atoms. The smallest absolute Gasteiger partial charge is 0.460 e. The third kappa shape index (κ3) is 4.53. The van der Waals surface area contributed by atoms with E-state index in [1.165, 1.54) is 16.4 Å². The van der Waals surface area contributed by atoms with E-state index >= 15 is 8.78 Å². The molecule has 4 aliphatic rings. The van der Waals surface area contributed by atoms with Gasteiger partial charge >= 0.3 is 7.82 Å². The van der Waals surface area contributed by atoms with Gasteiger partial charge in [-0.1, -0.05) is 18.2 Å². The molecule has 220 valence electrons. The zero-order valence-corrected chi connectivity index (χ0v) is 23.6. The molecule has 4 heterocycles. The van der Waals surface area contributed by atoms with Gasteiger partial charge in [-0.05, 0) is 42.5 Å². The molecule has 1 aliphatic carbocycles. The lowest BCUT2D eigenvalue weighted by Crippen LogP contribution is -2.64. The second-order valence-corrected chi connectivity index (χ2v) is 12.9. The topological polar surface area (TPSA) is 140 Å². The fourth-order valence-electron chi connectivity index (χ4n) is 5.92. The Morgan fingerprint density at radius 1 is 1.17 bits per heavy atom. The van der Waals surface area contributed by atoms with E-state index < -0.39 is 55.0 Å². The lowest BCUT2D eigenvalue weighted by molar-refractivity contribution is -0.0465. The van der Waals surface area contributed by atoms with Crippen molar-refractivity contribution in [1.82, 2.24) is 9.58 Å². The molecule has 1 spiro atoms. The number of aromatic nitrogens is 1. The van der Waals surface area contributed by atoms with E-state index in [2.05, 4.69) is 9.95 Å². The number of thioether (sulfide) groups is 1. The number of phosphoric acid groups is 1. The number of rotatable bonds is 5. The first-order chi connectivity index (χ1) is 20.1. The number of carbonyl (C=O) groups is 1. The van der Waals surface area contributed by atoms with Gasteiger partial charge in [0, 0.05) is 27.8 Å². The van der Waals surface area contributed by atoms with Crippen molar-refractivity contribution in [2.45, 2.75) is 41.6 Å². The molecule has 1 atom stereocenters. The van der Waals surface area contributed by atoms with Crippen molar-refractivity contribution in [3.63, 3.8) is 0 Å². The highest BCUT2D eigenvalue weighted by Gasteiger charge is 2.58. The van der Waals surface area contributed by atoms with E-state index in [9.17, 15) is 14.2 Å². The van der Waals surface area contributed by atoms with Crippen LogP contribution in [0.25, 0.3) is 11.3 Å². The van der Waals surface area contributed by atoms with Crippen molar-refractivity contribution in [3.05, 3.63) is 80.6 Å². The van der Waals surface area contributed by atoms with Gasteiger partial charge in [0.15, 0.2) is 17.3 Å². The van der Waals surface area contributed by atoms with Gasteiger partial charge in [0.1, 0.15) is 6.17 Å². The highest BCUT2D eigenvalue weighted by Crippen LogP contribution is 2.48. The average Bonchev–Trinajstić information content (AvgIpc) is 3.73. The number of nitrogens with zero attached hydrogens (tertiary/aromatic N) is 2. The molecule has 0 bridgehead atoms. The number of ether oxygens (including phenoxy) is 2. The van der Waals surface area contributed by atoms with E-state index in [4.69, 9.17) is 19.3 Å². The Labute approximate surface area is 241 Å². The maximum atomic E-state index is 15.2. The van der Waals surface area contributed by atoms with Crippen molar-refractivity contribution in [2.75, 3.05) is 25.4 Å². The van der Waals surface area contributed by atoms with Crippen LogP contribution < -0.4 is 15.6 Å². The number of phosphoric ester groups is 1. The van der Waals surface area contributed by atoms with Gasteiger partial charge in [-0.15, -0.1) is 11.8 Å². The first-order valence-electron chi connectivity index (χ1n) is 13.1. The molecule has 1 saturated carbocycles. The zero-order valence-electron chi connectivity index (χ0n) is 21.8. The fraction of sp³-hybridized carbons (Fsp3) is 0.333. The van der Waals surface area contributed by atoms with Gasteiger partial charge in [0.25, 0.3) is 5.91 Å². The first kappa shape index (κ1) is 27.6. The molecule has 15 heteroatoms. The Morgan fingerprint density at radius 2 is 1.95 bits per heavy atom. The molecule has 2 aromatic carbocycles. The Bertz CT molecular complexity index is 1760. The second kappa shape index (κ2) is 9.90. The van der Waals surface area contributed by atoms with Crippen LogP contribution in [0.5, 0.6) is 5.75 Å². The molecule has 0 radical (unpaired) electrons. The highest BCUT2D eigenvalue weighted by atomic mass is 32.2. The molecule has 1 saturated heterocycles. The summed E-state index contributed by atoms with van der Waals surface area (Å²) in [4.78, 5) is 48.3. The lowest BCUT2D eigenvalue weighted by Gasteiger charge is -2.47. The van der Waals surface area contributed by atoms with Gasteiger partial charge in [-0.25, -0.2) is 22.5 Å². The maximum Gasteiger partial charge on any atom is 0.472 e. The van der Waals surface area contributed by atoms with E-state index in [0.29, 0.717) is 25.0 Å². The minimum absolute atomic E-state index is 0.0983. The fourth-order valence-corrected chi connectivity index (χ4v) is 7.21.